The van der Waals surface area contributed by atoms with E-state index in [9.17, 15) is 5.21 Å². The standard InChI is InChI=1S/C16H26N4O2/c1-16(2,3)18(4)20(21)17-22-15-10-11-19(13-15)12-14-8-6-5-7-9-14/h5-9,15H,10-13H2,1-4H3/b20-17-/t15-/m1/s1. The Balaban J connectivity index is 1.81. The molecule has 1 saturated heterocycles. The number of rotatable bonds is 5. The van der Waals surface area contributed by atoms with Crippen LogP contribution < -0.4 is 0 Å². The molecule has 1 heterocycles. The van der Waals surface area contributed by atoms with Crippen LogP contribution >= 0.6 is 0 Å². The number of nitrogens with zero attached hydrogens (tertiary/aromatic N) is 4. The van der Waals surface area contributed by atoms with Crippen LogP contribution in [0, 0.1) is 5.21 Å². The van der Waals surface area contributed by atoms with E-state index in [0.717, 1.165) is 26.1 Å². The lowest BCUT2D eigenvalue weighted by Gasteiger charge is -2.26. The molecule has 122 valence electrons. The van der Waals surface area contributed by atoms with Crippen LogP contribution in [-0.4, -0.2) is 46.7 Å². The van der Waals surface area contributed by atoms with Gasteiger partial charge in [-0.15, -0.1) is 5.01 Å². The fourth-order valence-corrected chi connectivity index (χ4v) is 2.29. The van der Waals surface area contributed by atoms with Gasteiger partial charge in [-0.25, -0.2) is 0 Å². The highest BCUT2D eigenvalue weighted by Gasteiger charge is 2.27. The molecule has 6 nitrogen and oxygen atoms in total. The maximum Gasteiger partial charge on any atom is 0.233 e. The van der Waals surface area contributed by atoms with Crippen LogP contribution in [0.25, 0.3) is 0 Å². The first-order chi connectivity index (χ1) is 10.4. The Morgan fingerprint density at radius 3 is 2.68 bits per heavy atom. The summed E-state index contributed by atoms with van der Waals surface area (Å²) in [5, 5.41) is 17.1. The second kappa shape index (κ2) is 6.96. The van der Waals surface area contributed by atoms with E-state index < -0.39 is 0 Å². The van der Waals surface area contributed by atoms with Crippen LogP contribution in [0.15, 0.2) is 35.6 Å². The van der Waals surface area contributed by atoms with E-state index in [2.05, 4.69) is 22.3 Å². The molecule has 0 aromatic heterocycles. The first-order valence-corrected chi connectivity index (χ1v) is 7.70. The summed E-state index contributed by atoms with van der Waals surface area (Å²) >= 11 is 0. The van der Waals surface area contributed by atoms with Gasteiger partial charge in [-0.1, -0.05) is 30.3 Å². The first-order valence-electron chi connectivity index (χ1n) is 7.70. The number of likely N-dealkylation sites (tertiary alicyclic amines) is 1. The van der Waals surface area contributed by atoms with E-state index in [-0.39, 0.29) is 11.6 Å². The number of hydrazine groups is 1. The van der Waals surface area contributed by atoms with Crippen LogP contribution in [-0.2, 0) is 11.4 Å². The van der Waals surface area contributed by atoms with Gasteiger partial charge in [0.25, 0.3) is 0 Å². The fraction of sp³-hybridized carbons (Fsp3) is 0.625. The summed E-state index contributed by atoms with van der Waals surface area (Å²) in [6.45, 7) is 8.51. The molecule has 1 aromatic carbocycles. The van der Waals surface area contributed by atoms with Crippen molar-refractivity contribution in [1.82, 2.24) is 9.91 Å². The zero-order valence-electron chi connectivity index (χ0n) is 13.9. The van der Waals surface area contributed by atoms with Gasteiger partial charge in [-0.05, 0) is 26.3 Å². The summed E-state index contributed by atoms with van der Waals surface area (Å²) in [5.74, 6) is 0. The third-order valence-electron chi connectivity index (χ3n) is 3.97. The maximum atomic E-state index is 11.9. The zero-order chi connectivity index (χ0) is 16.2. The predicted octanol–water partition coefficient (Wildman–Crippen LogP) is 2.80. The van der Waals surface area contributed by atoms with Crippen LogP contribution in [0.5, 0.6) is 0 Å². The lowest BCUT2D eigenvalue weighted by atomic mass is 10.1. The summed E-state index contributed by atoms with van der Waals surface area (Å²) in [6, 6.07) is 10.4. The van der Waals surface area contributed by atoms with Gasteiger partial charge in [0.15, 0.2) is 0 Å². The molecule has 1 aliphatic rings. The molecule has 0 radical (unpaired) electrons. The maximum absolute atomic E-state index is 11.9. The van der Waals surface area contributed by atoms with Crippen LogP contribution in [0.2, 0.25) is 0 Å². The van der Waals surface area contributed by atoms with E-state index in [1.165, 1.54) is 10.6 Å². The van der Waals surface area contributed by atoms with Crippen LogP contribution in [0.4, 0.5) is 0 Å². The van der Waals surface area contributed by atoms with E-state index >= 15 is 0 Å². The topological polar surface area (TPSA) is 54.1 Å². The smallest absolute Gasteiger partial charge is 0.233 e. The Kier molecular flexibility index (Phi) is 5.24. The molecule has 0 spiro atoms. The van der Waals surface area contributed by atoms with Crippen molar-refractivity contribution in [3.63, 3.8) is 0 Å². The van der Waals surface area contributed by atoms with Gasteiger partial charge in [0.1, 0.15) is 6.10 Å². The summed E-state index contributed by atoms with van der Waals surface area (Å²) < 4.78 is 0. The van der Waals surface area contributed by atoms with Crippen molar-refractivity contribution in [2.24, 2.45) is 5.28 Å². The molecule has 2 rings (SSSR count). The average molecular weight is 306 g/mol. The second-order valence-corrected chi connectivity index (χ2v) is 6.77. The first kappa shape index (κ1) is 16.5. The Morgan fingerprint density at radius 1 is 1.36 bits per heavy atom. The molecular weight excluding hydrogens is 280 g/mol. The van der Waals surface area contributed by atoms with Crippen molar-refractivity contribution in [3.8, 4) is 0 Å². The second-order valence-electron chi connectivity index (χ2n) is 6.77. The van der Waals surface area contributed by atoms with Gasteiger partial charge in [0.2, 0.25) is 5.28 Å². The van der Waals surface area contributed by atoms with Crippen molar-refractivity contribution in [3.05, 3.63) is 41.1 Å². The normalized spacial score (nSPS) is 20.2. The molecule has 0 amide bonds. The Labute approximate surface area is 132 Å². The average Bonchev–Trinajstić information content (AvgIpc) is 2.91. The largest absolute Gasteiger partial charge is 0.569 e. The molecule has 1 atom stereocenters. The molecule has 0 bridgehead atoms. The molecule has 0 aliphatic carbocycles. The molecule has 6 heteroatoms. The lowest BCUT2D eigenvalue weighted by molar-refractivity contribution is -0.720. The van der Waals surface area contributed by atoms with Crippen molar-refractivity contribution >= 4 is 0 Å². The Morgan fingerprint density at radius 2 is 2.05 bits per heavy atom. The summed E-state index contributed by atoms with van der Waals surface area (Å²) in [6.07, 6.45) is 0.872. The Hall–Kier alpha value is -1.82. The molecular formula is C16H26N4O2. The van der Waals surface area contributed by atoms with Gasteiger partial charge < -0.3 is 10.0 Å². The van der Waals surface area contributed by atoms with Crippen LogP contribution in [0.3, 0.4) is 0 Å². The van der Waals surface area contributed by atoms with E-state index in [0.29, 0.717) is 4.97 Å². The summed E-state index contributed by atoms with van der Waals surface area (Å²) in [7, 11) is 1.70. The van der Waals surface area contributed by atoms with Crippen molar-refractivity contribution in [1.29, 1.82) is 0 Å². The lowest BCUT2D eigenvalue weighted by Crippen LogP contribution is -2.42. The van der Waals surface area contributed by atoms with Crippen LogP contribution in [0.1, 0.15) is 32.8 Å². The third-order valence-corrected chi connectivity index (χ3v) is 3.97. The molecule has 22 heavy (non-hydrogen) atoms. The predicted molar refractivity (Wildman–Crippen MR) is 84.8 cm³/mol. The highest BCUT2D eigenvalue weighted by molar-refractivity contribution is 5.14. The SMILES string of the molecule is CN(/[N+]([O-])=N/O[C@@H]1CCN(Cc2ccccc2)C1)C(C)(C)C. The minimum absolute atomic E-state index is 0.0199. The Bertz CT molecular complexity index is 499. The van der Waals surface area contributed by atoms with Crippen molar-refractivity contribution in [2.75, 3.05) is 20.1 Å². The van der Waals surface area contributed by atoms with Gasteiger partial charge in [-0.2, -0.15) is 0 Å². The van der Waals surface area contributed by atoms with Gasteiger partial charge in [0, 0.05) is 26.1 Å². The van der Waals surface area contributed by atoms with Crippen molar-refractivity contribution in [2.45, 2.75) is 45.4 Å². The van der Waals surface area contributed by atoms with E-state index in [1.807, 2.05) is 39.0 Å². The van der Waals surface area contributed by atoms with Crippen molar-refractivity contribution < 1.29 is 9.81 Å². The summed E-state index contributed by atoms with van der Waals surface area (Å²) in [5.41, 5.74) is 1.00. The third kappa shape index (κ3) is 4.59. The van der Waals surface area contributed by atoms with Gasteiger partial charge in [0.05, 0.1) is 17.6 Å². The molecule has 1 aromatic rings. The summed E-state index contributed by atoms with van der Waals surface area (Å²) in [4.78, 5) is 8.25. The van der Waals surface area contributed by atoms with E-state index in [4.69, 9.17) is 4.84 Å². The number of hydrogen-bond donors (Lipinski definition) is 0. The monoisotopic (exact) mass is 306 g/mol. The molecule has 1 aliphatic heterocycles. The van der Waals surface area contributed by atoms with Gasteiger partial charge in [-0.3, -0.25) is 4.90 Å². The minimum Gasteiger partial charge on any atom is -0.569 e. The number of hydrogen-bond acceptors (Lipinski definition) is 4. The fourth-order valence-electron chi connectivity index (χ4n) is 2.29. The minimum atomic E-state index is -0.288. The molecule has 0 unspecified atom stereocenters. The highest BCUT2D eigenvalue weighted by atomic mass is 16.7. The molecule has 0 N–H and O–H groups in total. The number of benzene rings is 1. The van der Waals surface area contributed by atoms with Gasteiger partial charge >= 0.3 is 0 Å². The molecule has 1 fully saturated rings. The quantitative estimate of drug-likeness (QED) is 0.477. The van der Waals surface area contributed by atoms with E-state index in [1.54, 1.807) is 7.05 Å². The highest BCUT2D eigenvalue weighted by Crippen LogP contribution is 2.17. The zero-order valence-corrected chi connectivity index (χ0v) is 13.9. The molecule has 0 saturated carbocycles.